The van der Waals surface area contributed by atoms with Crippen LogP contribution in [0.5, 0.6) is 0 Å². The first-order valence-electron chi connectivity index (χ1n) is 6.61. The normalized spacial score (nSPS) is 32.4. The van der Waals surface area contributed by atoms with Crippen LogP contribution in [0.4, 0.5) is 0 Å². The molecule has 18 heavy (non-hydrogen) atoms. The van der Waals surface area contributed by atoms with Crippen LogP contribution < -0.4 is 0 Å². The van der Waals surface area contributed by atoms with E-state index in [0.717, 1.165) is 30.5 Å². The van der Waals surface area contributed by atoms with Gasteiger partial charge in [-0.3, -0.25) is 9.80 Å². The van der Waals surface area contributed by atoms with Gasteiger partial charge in [-0.1, -0.05) is 28.1 Å². The van der Waals surface area contributed by atoms with E-state index in [1.807, 2.05) is 12.1 Å². The zero-order valence-electron chi connectivity index (χ0n) is 10.4. The summed E-state index contributed by atoms with van der Waals surface area (Å²) in [5.41, 5.74) is 1.21. The van der Waals surface area contributed by atoms with Crippen molar-refractivity contribution < 1.29 is 5.11 Å². The van der Waals surface area contributed by atoms with Crippen molar-refractivity contribution in [2.75, 3.05) is 32.7 Å². The van der Waals surface area contributed by atoms with Crippen LogP contribution in [0.25, 0.3) is 0 Å². The topological polar surface area (TPSA) is 26.7 Å². The van der Waals surface area contributed by atoms with Crippen molar-refractivity contribution in [2.45, 2.75) is 18.6 Å². The lowest BCUT2D eigenvalue weighted by Gasteiger charge is -2.49. The van der Waals surface area contributed by atoms with E-state index in [1.54, 1.807) is 0 Å². The van der Waals surface area contributed by atoms with E-state index >= 15 is 0 Å². The third kappa shape index (κ3) is 2.62. The van der Waals surface area contributed by atoms with Gasteiger partial charge < -0.3 is 5.11 Å². The zero-order valence-corrected chi connectivity index (χ0v) is 12.0. The van der Waals surface area contributed by atoms with E-state index in [2.05, 4.69) is 37.9 Å². The monoisotopic (exact) mass is 310 g/mol. The molecule has 3 fully saturated rings. The van der Waals surface area contributed by atoms with Crippen molar-refractivity contribution in [3.8, 4) is 0 Å². The number of aliphatic hydroxyl groups excluding tert-OH is 1. The van der Waals surface area contributed by atoms with E-state index in [4.69, 9.17) is 0 Å². The minimum atomic E-state index is -0.255. The van der Waals surface area contributed by atoms with Gasteiger partial charge in [0.2, 0.25) is 0 Å². The minimum Gasteiger partial charge on any atom is -0.391 e. The Morgan fingerprint density at radius 3 is 2.39 bits per heavy atom. The Balaban J connectivity index is 1.64. The van der Waals surface area contributed by atoms with Gasteiger partial charge in [-0.15, -0.1) is 0 Å². The molecule has 2 unspecified atom stereocenters. The number of benzene rings is 1. The lowest BCUT2D eigenvalue weighted by Crippen LogP contribution is -2.64. The highest BCUT2D eigenvalue weighted by molar-refractivity contribution is 9.10. The molecule has 0 amide bonds. The highest BCUT2D eigenvalue weighted by Crippen LogP contribution is 2.21. The van der Waals surface area contributed by atoms with Crippen LogP contribution in [0.3, 0.4) is 0 Å². The molecular formula is C14H19BrN2O. The van der Waals surface area contributed by atoms with Gasteiger partial charge in [-0.2, -0.15) is 0 Å². The molecule has 3 saturated heterocycles. The molecule has 4 heteroatoms. The quantitative estimate of drug-likeness (QED) is 0.913. The summed E-state index contributed by atoms with van der Waals surface area (Å²) in [6, 6.07) is 8.57. The van der Waals surface area contributed by atoms with Crippen molar-refractivity contribution in [3.05, 3.63) is 34.3 Å². The van der Waals surface area contributed by atoms with Gasteiger partial charge >= 0.3 is 0 Å². The number of hydrogen-bond acceptors (Lipinski definition) is 3. The lowest BCUT2D eigenvalue weighted by molar-refractivity contribution is -0.0453. The SMILES string of the molecule is OC(Cc1ccc(Br)cc1)C1CN2CCN1CC2. The fraction of sp³-hybridized carbons (Fsp3) is 0.571. The van der Waals surface area contributed by atoms with E-state index in [1.165, 1.54) is 18.7 Å². The summed E-state index contributed by atoms with van der Waals surface area (Å²) in [4.78, 5) is 4.92. The molecular weight excluding hydrogens is 292 g/mol. The summed E-state index contributed by atoms with van der Waals surface area (Å²) >= 11 is 3.44. The Labute approximate surface area is 117 Å². The molecule has 0 radical (unpaired) electrons. The molecule has 1 N–H and O–H groups in total. The molecule has 2 atom stereocenters. The first-order valence-corrected chi connectivity index (χ1v) is 7.40. The van der Waals surface area contributed by atoms with Crippen LogP contribution in [-0.4, -0.2) is 59.8 Å². The van der Waals surface area contributed by atoms with Crippen LogP contribution in [0.15, 0.2) is 28.7 Å². The summed E-state index contributed by atoms with van der Waals surface area (Å²) < 4.78 is 1.09. The van der Waals surface area contributed by atoms with Crippen LogP contribution in [0.1, 0.15) is 5.56 Å². The minimum absolute atomic E-state index is 0.255. The Morgan fingerprint density at radius 1 is 1.17 bits per heavy atom. The van der Waals surface area contributed by atoms with E-state index in [-0.39, 0.29) is 6.10 Å². The third-order valence-corrected chi connectivity index (χ3v) is 4.65. The molecule has 0 aromatic heterocycles. The lowest BCUT2D eigenvalue weighted by atomic mass is 9.97. The zero-order chi connectivity index (χ0) is 12.5. The van der Waals surface area contributed by atoms with Gasteiger partial charge in [0.05, 0.1) is 6.10 Å². The average molecular weight is 311 g/mol. The number of aliphatic hydroxyl groups is 1. The standard InChI is InChI=1S/C14H19BrN2O/c15-12-3-1-11(2-4-12)9-14(18)13-10-16-5-7-17(13)8-6-16/h1-4,13-14,18H,5-10H2. The molecule has 0 spiro atoms. The Kier molecular flexibility index (Phi) is 3.71. The molecule has 4 rings (SSSR count). The molecule has 2 bridgehead atoms. The molecule has 3 heterocycles. The Bertz CT molecular complexity index is 401. The fourth-order valence-corrected chi connectivity index (χ4v) is 3.28. The average Bonchev–Trinajstić information content (AvgIpc) is 2.42. The van der Waals surface area contributed by atoms with Crippen molar-refractivity contribution in [3.63, 3.8) is 0 Å². The number of fused-ring (bicyclic) bond motifs is 3. The second kappa shape index (κ2) is 5.29. The molecule has 3 aliphatic rings. The van der Waals surface area contributed by atoms with Crippen LogP contribution in [0, 0.1) is 0 Å². The summed E-state index contributed by atoms with van der Waals surface area (Å²) in [5.74, 6) is 0. The first kappa shape index (κ1) is 12.6. The van der Waals surface area contributed by atoms with Crippen molar-refractivity contribution in [1.29, 1.82) is 0 Å². The molecule has 1 aromatic carbocycles. The maximum atomic E-state index is 10.4. The maximum absolute atomic E-state index is 10.4. The second-order valence-corrected chi connectivity index (χ2v) is 6.22. The highest BCUT2D eigenvalue weighted by Gasteiger charge is 2.35. The molecule has 98 valence electrons. The Hall–Kier alpha value is -0.420. The molecule has 1 aromatic rings. The van der Waals surface area contributed by atoms with Crippen LogP contribution >= 0.6 is 15.9 Å². The molecule has 3 aliphatic heterocycles. The summed E-state index contributed by atoms with van der Waals surface area (Å²) in [6.07, 6.45) is 0.497. The van der Waals surface area contributed by atoms with E-state index in [9.17, 15) is 5.11 Å². The highest BCUT2D eigenvalue weighted by atomic mass is 79.9. The van der Waals surface area contributed by atoms with Crippen molar-refractivity contribution >= 4 is 15.9 Å². The fourth-order valence-electron chi connectivity index (χ4n) is 3.02. The number of hydrogen-bond donors (Lipinski definition) is 1. The Morgan fingerprint density at radius 2 is 1.83 bits per heavy atom. The molecule has 0 aliphatic carbocycles. The van der Waals surface area contributed by atoms with Crippen LogP contribution in [-0.2, 0) is 6.42 Å². The van der Waals surface area contributed by atoms with E-state index < -0.39 is 0 Å². The molecule has 3 nitrogen and oxygen atoms in total. The van der Waals surface area contributed by atoms with Crippen molar-refractivity contribution in [2.24, 2.45) is 0 Å². The van der Waals surface area contributed by atoms with E-state index in [0.29, 0.717) is 6.04 Å². The predicted octanol–water partition coefficient (Wildman–Crippen LogP) is 1.35. The van der Waals surface area contributed by atoms with Gasteiger partial charge in [0.25, 0.3) is 0 Å². The van der Waals surface area contributed by atoms with Gasteiger partial charge in [0.1, 0.15) is 0 Å². The maximum Gasteiger partial charge on any atom is 0.0748 e. The van der Waals surface area contributed by atoms with Gasteiger partial charge in [0.15, 0.2) is 0 Å². The van der Waals surface area contributed by atoms with Gasteiger partial charge in [-0.05, 0) is 24.1 Å². The smallest absolute Gasteiger partial charge is 0.0748 e. The largest absolute Gasteiger partial charge is 0.391 e. The summed E-state index contributed by atoms with van der Waals surface area (Å²) in [5, 5.41) is 10.4. The number of halogens is 1. The van der Waals surface area contributed by atoms with Crippen molar-refractivity contribution in [1.82, 2.24) is 9.80 Å². The second-order valence-electron chi connectivity index (χ2n) is 5.30. The third-order valence-electron chi connectivity index (χ3n) is 4.12. The molecule has 0 saturated carbocycles. The van der Waals surface area contributed by atoms with Gasteiger partial charge in [0, 0.05) is 43.2 Å². The summed E-state index contributed by atoms with van der Waals surface area (Å²) in [7, 11) is 0. The van der Waals surface area contributed by atoms with Crippen LogP contribution in [0.2, 0.25) is 0 Å². The number of piperazine rings is 3. The number of rotatable bonds is 3. The van der Waals surface area contributed by atoms with Gasteiger partial charge in [-0.25, -0.2) is 0 Å². The predicted molar refractivity (Wildman–Crippen MR) is 75.7 cm³/mol. The first-order chi connectivity index (χ1) is 8.72. The summed E-state index contributed by atoms with van der Waals surface area (Å²) in [6.45, 7) is 5.59. The number of nitrogens with zero attached hydrogens (tertiary/aromatic N) is 2.